The Morgan fingerprint density at radius 1 is 1.73 bits per heavy atom. The highest BCUT2D eigenvalue weighted by atomic mass is 32.1. The molecule has 11 heavy (non-hydrogen) atoms. The fraction of sp³-hybridized carbons (Fsp3) is 0.857. The zero-order valence-electron chi connectivity index (χ0n) is 6.75. The number of nitrogens with two attached hydrogens (primary N) is 1. The molecular formula is C7H15NO2S. The first-order valence-electron chi connectivity index (χ1n) is 3.75. The van der Waals surface area contributed by atoms with Gasteiger partial charge in [-0.1, -0.05) is 13.3 Å². The molecule has 0 saturated heterocycles. The zero-order chi connectivity index (χ0) is 8.69. The zero-order valence-corrected chi connectivity index (χ0v) is 7.64. The Balaban J connectivity index is 3.36. The van der Waals surface area contributed by atoms with Crippen LogP contribution >= 0.6 is 12.6 Å². The van der Waals surface area contributed by atoms with E-state index in [0.717, 1.165) is 12.8 Å². The molecule has 0 aromatic heterocycles. The van der Waals surface area contributed by atoms with Gasteiger partial charge in [-0.15, -0.1) is 0 Å². The van der Waals surface area contributed by atoms with Gasteiger partial charge in [0.25, 0.3) is 0 Å². The normalized spacial score (nSPS) is 12.6. The molecule has 0 fully saturated rings. The minimum absolute atomic E-state index is 0.338. The van der Waals surface area contributed by atoms with Crippen LogP contribution in [-0.2, 0) is 9.53 Å². The Morgan fingerprint density at radius 3 is 2.82 bits per heavy atom. The summed E-state index contributed by atoms with van der Waals surface area (Å²) >= 11 is 3.87. The first-order valence-corrected chi connectivity index (χ1v) is 4.38. The van der Waals surface area contributed by atoms with Gasteiger partial charge in [0.1, 0.15) is 6.04 Å². The predicted octanol–water partition coefficient (Wildman–Crippen LogP) is 0.587. The molecular weight excluding hydrogens is 162 g/mol. The molecule has 0 amide bonds. The summed E-state index contributed by atoms with van der Waals surface area (Å²) in [5, 5.41) is 0. The summed E-state index contributed by atoms with van der Waals surface area (Å²) in [6.07, 6.45) is 1.91. The van der Waals surface area contributed by atoms with Crippen LogP contribution in [0.4, 0.5) is 0 Å². The van der Waals surface area contributed by atoms with Gasteiger partial charge in [0.2, 0.25) is 0 Å². The molecule has 3 nitrogen and oxygen atoms in total. The average Bonchev–Trinajstić information content (AvgIpc) is 2.03. The Labute approximate surface area is 72.7 Å². The van der Waals surface area contributed by atoms with Crippen molar-refractivity contribution in [2.24, 2.45) is 5.73 Å². The van der Waals surface area contributed by atoms with E-state index in [1.54, 1.807) is 0 Å². The SMILES string of the molecule is CCCCOC(=O)[C@H](N)CS. The van der Waals surface area contributed by atoms with Crippen LogP contribution in [0.5, 0.6) is 0 Å². The van der Waals surface area contributed by atoms with Crippen molar-refractivity contribution in [3.63, 3.8) is 0 Å². The molecule has 0 aromatic rings. The number of carbonyl (C=O) groups is 1. The lowest BCUT2D eigenvalue weighted by molar-refractivity contribution is -0.144. The number of unbranched alkanes of at least 4 members (excludes halogenated alkanes) is 1. The second-order valence-corrected chi connectivity index (χ2v) is 2.68. The van der Waals surface area contributed by atoms with E-state index in [9.17, 15) is 4.79 Å². The van der Waals surface area contributed by atoms with Gasteiger partial charge < -0.3 is 10.5 Å². The van der Waals surface area contributed by atoms with E-state index in [2.05, 4.69) is 12.6 Å². The largest absolute Gasteiger partial charge is 0.465 e. The molecule has 0 aliphatic carbocycles. The number of thiol groups is 1. The van der Waals surface area contributed by atoms with Crippen LogP contribution in [0.15, 0.2) is 0 Å². The Morgan fingerprint density at radius 2 is 2.36 bits per heavy atom. The Kier molecular flexibility index (Phi) is 6.36. The first kappa shape index (κ1) is 10.8. The molecule has 4 heteroatoms. The summed E-state index contributed by atoms with van der Waals surface area (Å²) in [6, 6.07) is -0.574. The second kappa shape index (κ2) is 6.49. The molecule has 0 saturated carbocycles. The van der Waals surface area contributed by atoms with E-state index < -0.39 is 6.04 Å². The maximum atomic E-state index is 10.9. The van der Waals surface area contributed by atoms with Crippen LogP contribution in [0.3, 0.4) is 0 Å². The van der Waals surface area contributed by atoms with Crippen molar-refractivity contribution in [2.45, 2.75) is 25.8 Å². The highest BCUT2D eigenvalue weighted by molar-refractivity contribution is 7.80. The molecule has 66 valence electrons. The number of ether oxygens (including phenoxy) is 1. The van der Waals surface area contributed by atoms with E-state index >= 15 is 0 Å². The van der Waals surface area contributed by atoms with Crippen molar-refractivity contribution in [2.75, 3.05) is 12.4 Å². The maximum absolute atomic E-state index is 10.9. The van der Waals surface area contributed by atoms with Crippen molar-refractivity contribution in [1.82, 2.24) is 0 Å². The number of carbonyl (C=O) groups excluding carboxylic acids is 1. The van der Waals surface area contributed by atoms with E-state index in [1.807, 2.05) is 6.92 Å². The third-order valence-electron chi connectivity index (χ3n) is 1.24. The van der Waals surface area contributed by atoms with Crippen LogP contribution in [0, 0.1) is 0 Å². The van der Waals surface area contributed by atoms with Gasteiger partial charge in [-0.2, -0.15) is 12.6 Å². The van der Waals surface area contributed by atoms with Gasteiger partial charge in [0.15, 0.2) is 0 Å². The third kappa shape index (κ3) is 5.09. The number of hydrogen-bond donors (Lipinski definition) is 2. The summed E-state index contributed by atoms with van der Waals surface area (Å²) in [5.74, 6) is -0.0150. The number of hydrogen-bond acceptors (Lipinski definition) is 4. The summed E-state index contributed by atoms with van der Waals surface area (Å²) in [5.41, 5.74) is 5.35. The number of rotatable bonds is 5. The van der Waals surface area contributed by atoms with E-state index in [4.69, 9.17) is 10.5 Å². The predicted molar refractivity (Wildman–Crippen MR) is 47.7 cm³/mol. The topological polar surface area (TPSA) is 52.3 Å². The van der Waals surface area contributed by atoms with Crippen LogP contribution in [-0.4, -0.2) is 24.4 Å². The maximum Gasteiger partial charge on any atom is 0.323 e. The molecule has 0 spiro atoms. The van der Waals surface area contributed by atoms with Crippen molar-refractivity contribution in [3.8, 4) is 0 Å². The Hall–Kier alpha value is -0.220. The quantitative estimate of drug-likeness (QED) is 0.367. The molecule has 1 atom stereocenters. The molecule has 0 rings (SSSR count). The van der Waals surface area contributed by atoms with E-state index in [-0.39, 0.29) is 5.97 Å². The van der Waals surface area contributed by atoms with E-state index in [0.29, 0.717) is 12.4 Å². The van der Waals surface area contributed by atoms with Crippen molar-refractivity contribution in [3.05, 3.63) is 0 Å². The van der Waals surface area contributed by atoms with Gasteiger partial charge in [-0.05, 0) is 6.42 Å². The monoisotopic (exact) mass is 177 g/mol. The van der Waals surface area contributed by atoms with Gasteiger partial charge in [-0.25, -0.2) is 0 Å². The minimum Gasteiger partial charge on any atom is -0.465 e. The molecule has 0 aliphatic rings. The highest BCUT2D eigenvalue weighted by Gasteiger charge is 2.11. The van der Waals surface area contributed by atoms with Crippen LogP contribution in [0.2, 0.25) is 0 Å². The molecule has 0 unspecified atom stereocenters. The molecule has 0 heterocycles. The lowest BCUT2D eigenvalue weighted by Gasteiger charge is -2.07. The lowest BCUT2D eigenvalue weighted by atomic mass is 10.3. The Bertz CT molecular complexity index is 119. The van der Waals surface area contributed by atoms with Crippen molar-refractivity contribution < 1.29 is 9.53 Å². The average molecular weight is 177 g/mol. The third-order valence-corrected chi connectivity index (χ3v) is 1.64. The standard InChI is InChI=1S/C7H15NO2S/c1-2-3-4-10-7(9)6(8)5-11/h6,11H,2-5,8H2,1H3/t6-/m1/s1. The molecule has 0 radical (unpaired) electrons. The van der Waals surface area contributed by atoms with E-state index in [1.165, 1.54) is 0 Å². The highest BCUT2D eigenvalue weighted by Crippen LogP contribution is 1.92. The van der Waals surface area contributed by atoms with Gasteiger partial charge in [0.05, 0.1) is 6.61 Å². The fourth-order valence-corrected chi connectivity index (χ4v) is 0.648. The van der Waals surface area contributed by atoms with Crippen LogP contribution in [0.1, 0.15) is 19.8 Å². The lowest BCUT2D eigenvalue weighted by Crippen LogP contribution is -2.34. The summed E-state index contributed by atoms with van der Waals surface area (Å²) in [4.78, 5) is 10.9. The van der Waals surface area contributed by atoms with Crippen LogP contribution < -0.4 is 5.73 Å². The fourth-order valence-electron chi connectivity index (χ4n) is 0.499. The second-order valence-electron chi connectivity index (χ2n) is 2.31. The smallest absolute Gasteiger partial charge is 0.323 e. The molecule has 0 aromatic carbocycles. The molecule has 0 bridgehead atoms. The first-order chi connectivity index (χ1) is 5.22. The van der Waals surface area contributed by atoms with Gasteiger partial charge >= 0.3 is 5.97 Å². The summed E-state index contributed by atoms with van der Waals surface area (Å²) in [6.45, 7) is 2.50. The van der Waals surface area contributed by atoms with Crippen molar-refractivity contribution >= 4 is 18.6 Å². The van der Waals surface area contributed by atoms with Gasteiger partial charge in [-0.3, -0.25) is 4.79 Å². The molecule has 2 N–H and O–H groups in total. The summed E-state index contributed by atoms with van der Waals surface area (Å²) < 4.78 is 4.82. The minimum atomic E-state index is -0.574. The van der Waals surface area contributed by atoms with Crippen LogP contribution in [0.25, 0.3) is 0 Å². The van der Waals surface area contributed by atoms with Crippen molar-refractivity contribution in [1.29, 1.82) is 0 Å². The van der Waals surface area contributed by atoms with Gasteiger partial charge in [0, 0.05) is 5.75 Å². The number of esters is 1. The summed E-state index contributed by atoms with van der Waals surface area (Å²) in [7, 11) is 0. The molecule has 0 aliphatic heterocycles.